The second-order valence-corrected chi connectivity index (χ2v) is 4.79. The molecule has 1 aliphatic heterocycles. The molecule has 0 aromatic carbocycles. The van der Waals surface area contributed by atoms with Gasteiger partial charge in [-0.3, -0.25) is 4.79 Å². The van der Waals surface area contributed by atoms with Crippen LogP contribution in [-0.4, -0.2) is 36.5 Å². The number of amides is 1. The Morgan fingerprint density at radius 1 is 1.62 bits per heavy atom. The third kappa shape index (κ3) is 4.52. The molecule has 0 saturated carbocycles. The maximum atomic E-state index is 11.2. The van der Waals surface area contributed by atoms with Crippen molar-refractivity contribution in [2.45, 2.75) is 19.9 Å². The number of hydrogen-bond donors (Lipinski definition) is 2. The average Bonchev–Trinajstić information content (AvgIpc) is 1.92. The maximum absolute atomic E-state index is 11.2. The van der Waals surface area contributed by atoms with Crippen molar-refractivity contribution in [1.29, 1.82) is 0 Å². The Balaban J connectivity index is 1.94. The van der Waals surface area contributed by atoms with E-state index in [1.54, 1.807) is 11.8 Å². The van der Waals surface area contributed by atoms with Gasteiger partial charge in [0.2, 0.25) is 5.91 Å². The fraction of sp³-hybridized carbons (Fsp3) is 0.889. The lowest BCUT2D eigenvalue weighted by molar-refractivity contribution is -0.119. The molecule has 0 aromatic rings. The van der Waals surface area contributed by atoms with Gasteiger partial charge in [0.05, 0.1) is 5.75 Å². The summed E-state index contributed by atoms with van der Waals surface area (Å²) in [5, 5.41) is 6.09. The van der Waals surface area contributed by atoms with E-state index in [0.717, 1.165) is 24.8 Å². The molecule has 0 aromatic heterocycles. The van der Waals surface area contributed by atoms with Crippen LogP contribution in [0.1, 0.15) is 13.8 Å². The van der Waals surface area contributed by atoms with Gasteiger partial charge in [-0.15, -0.1) is 0 Å². The van der Waals surface area contributed by atoms with Crippen LogP contribution in [0, 0.1) is 5.92 Å². The lowest BCUT2D eigenvalue weighted by Crippen LogP contribution is -2.43. The first-order valence-corrected chi connectivity index (χ1v) is 5.91. The molecule has 0 spiro atoms. The monoisotopic (exact) mass is 202 g/mol. The van der Waals surface area contributed by atoms with Crippen LogP contribution in [0.15, 0.2) is 0 Å². The number of rotatable bonds is 5. The zero-order valence-electron chi connectivity index (χ0n) is 8.30. The van der Waals surface area contributed by atoms with E-state index in [4.69, 9.17) is 0 Å². The van der Waals surface area contributed by atoms with E-state index in [-0.39, 0.29) is 11.9 Å². The Morgan fingerprint density at radius 2 is 2.31 bits per heavy atom. The van der Waals surface area contributed by atoms with E-state index in [0.29, 0.717) is 5.75 Å². The average molecular weight is 202 g/mol. The van der Waals surface area contributed by atoms with Crippen LogP contribution in [-0.2, 0) is 4.79 Å². The summed E-state index contributed by atoms with van der Waals surface area (Å²) in [6.07, 6.45) is 0. The van der Waals surface area contributed by atoms with Gasteiger partial charge in [-0.1, -0.05) is 0 Å². The Kier molecular flexibility index (Phi) is 4.59. The van der Waals surface area contributed by atoms with Gasteiger partial charge in [0, 0.05) is 6.04 Å². The molecule has 1 fully saturated rings. The predicted octanol–water partition coefficient (Wildman–Crippen LogP) is 0.464. The van der Waals surface area contributed by atoms with Crippen molar-refractivity contribution < 1.29 is 4.79 Å². The normalized spacial score (nSPS) is 17.2. The van der Waals surface area contributed by atoms with Crippen LogP contribution in [0.25, 0.3) is 0 Å². The Labute approximate surface area is 84.0 Å². The SMILES string of the molecule is CC(C)NC(=O)CSCC1CNC1. The first-order valence-electron chi connectivity index (χ1n) is 4.76. The molecule has 1 aliphatic rings. The molecule has 1 rings (SSSR count). The van der Waals surface area contributed by atoms with Gasteiger partial charge in [0.15, 0.2) is 0 Å². The highest BCUT2D eigenvalue weighted by atomic mass is 32.2. The minimum absolute atomic E-state index is 0.160. The summed E-state index contributed by atoms with van der Waals surface area (Å²) in [7, 11) is 0. The van der Waals surface area contributed by atoms with Gasteiger partial charge in [0.25, 0.3) is 0 Å². The van der Waals surface area contributed by atoms with Crippen molar-refractivity contribution in [1.82, 2.24) is 10.6 Å². The summed E-state index contributed by atoms with van der Waals surface area (Å²) in [6.45, 7) is 6.22. The van der Waals surface area contributed by atoms with Crippen molar-refractivity contribution in [3.05, 3.63) is 0 Å². The van der Waals surface area contributed by atoms with Crippen molar-refractivity contribution in [2.24, 2.45) is 5.92 Å². The van der Waals surface area contributed by atoms with E-state index in [1.807, 2.05) is 13.8 Å². The van der Waals surface area contributed by atoms with E-state index >= 15 is 0 Å². The van der Waals surface area contributed by atoms with Gasteiger partial charge in [-0.05, 0) is 38.6 Å². The minimum atomic E-state index is 0.160. The summed E-state index contributed by atoms with van der Waals surface area (Å²) >= 11 is 1.74. The number of carbonyl (C=O) groups is 1. The topological polar surface area (TPSA) is 41.1 Å². The fourth-order valence-corrected chi connectivity index (χ4v) is 2.10. The molecule has 0 atom stereocenters. The second-order valence-electron chi connectivity index (χ2n) is 3.76. The largest absolute Gasteiger partial charge is 0.353 e. The first-order chi connectivity index (χ1) is 6.18. The van der Waals surface area contributed by atoms with Crippen LogP contribution in [0.5, 0.6) is 0 Å². The molecule has 1 amide bonds. The molecule has 1 saturated heterocycles. The van der Waals surface area contributed by atoms with Gasteiger partial charge >= 0.3 is 0 Å². The zero-order chi connectivity index (χ0) is 9.68. The number of thioether (sulfide) groups is 1. The molecule has 0 unspecified atom stereocenters. The predicted molar refractivity (Wildman–Crippen MR) is 57.0 cm³/mol. The Bertz CT molecular complexity index is 169. The first kappa shape index (κ1) is 10.9. The van der Waals surface area contributed by atoms with E-state index in [1.165, 1.54) is 0 Å². The summed E-state index contributed by atoms with van der Waals surface area (Å²) in [5.41, 5.74) is 0. The third-order valence-electron chi connectivity index (χ3n) is 1.90. The molecule has 0 radical (unpaired) electrons. The van der Waals surface area contributed by atoms with E-state index in [2.05, 4.69) is 10.6 Å². The number of hydrogen-bond acceptors (Lipinski definition) is 3. The van der Waals surface area contributed by atoms with Crippen LogP contribution < -0.4 is 10.6 Å². The highest BCUT2D eigenvalue weighted by Crippen LogP contribution is 2.11. The van der Waals surface area contributed by atoms with Crippen molar-refractivity contribution in [3.8, 4) is 0 Å². The summed E-state index contributed by atoms with van der Waals surface area (Å²) in [4.78, 5) is 11.2. The number of carbonyl (C=O) groups excluding carboxylic acids is 1. The van der Waals surface area contributed by atoms with Crippen LogP contribution in [0.3, 0.4) is 0 Å². The summed E-state index contributed by atoms with van der Waals surface area (Å²) in [5.74, 6) is 2.66. The van der Waals surface area contributed by atoms with Gasteiger partial charge in [-0.2, -0.15) is 11.8 Å². The molecule has 0 aliphatic carbocycles. The smallest absolute Gasteiger partial charge is 0.230 e. The van der Waals surface area contributed by atoms with Crippen molar-refractivity contribution in [2.75, 3.05) is 24.6 Å². The van der Waals surface area contributed by atoms with Crippen molar-refractivity contribution >= 4 is 17.7 Å². The maximum Gasteiger partial charge on any atom is 0.230 e. The molecule has 0 bridgehead atoms. The molecular formula is C9H18N2OS. The highest BCUT2D eigenvalue weighted by Gasteiger charge is 2.16. The molecule has 4 heteroatoms. The van der Waals surface area contributed by atoms with Crippen LogP contribution >= 0.6 is 11.8 Å². The molecule has 76 valence electrons. The molecule has 2 N–H and O–H groups in total. The molecular weight excluding hydrogens is 184 g/mol. The molecule has 3 nitrogen and oxygen atoms in total. The van der Waals surface area contributed by atoms with Crippen molar-refractivity contribution in [3.63, 3.8) is 0 Å². The van der Waals surface area contributed by atoms with Crippen LogP contribution in [0.2, 0.25) is 0 Å². The quantitative estimate of drug-likeness (QED) is 0.680. The van der Waals surface area contributed by atoms with E-state index < -0.39 is 0 Å². The standard InChI is InChI=1S/C9H18N2OS/c1-7(2)11-9(12)6-13-5-8-3-10-4-8/h7-8,10H,3-6H2,1-2H3,(H,11,12). The van der Waals surface area contributed by atoms with Gasteiger partial charge in [0.1, 0.15) is 0 Å². The molecule has 1 heterocycles. The number of nitrogens with one attached hydrogen (secondary N) is 2. The van der Waals surface area contributed by atoms with Crippen LogP contribution in [0.4, 0.5) is 0 Å². The summed E-state index contributed by atoms with van der Waals surface area (Å²) < 4.78 is 0. The van der Waals surface area contributed by atoms with Gasteiger partial charge < -0.3 is 10.6 Å². The highest BCUT2D eigenvalue weighted by molar-refractivity contribution is 7.99. The summed E-state index contributed by atoms with van der Waals surface area (Å²) in [6, 6.07) is 0.262. The zero-order valence-corrected chi connectivity index (χ0v) is 9.12. The Morgan fingerprint density at radius 3 is 2.77 bits per heavy atom. The van der Waals surface area contributed by atoms with Gasteiger partial charge in [-0.25, -0.2) is 0 Å². The molecule has 13 heavy (non-hydrogen) atoms. The fourth-order valence-electron chi connectivity index (χ4n) is 1.15. The lowest BCUT2D eigenvalue weighted by atomic mass is 10.1. The second kappa shape index (κ2) is 5.50. The van der Waals surface area contributed by atoms with E-state index in [9.17, 15) is 4.79 Å². The third-order valence-corrected chi connectivity index (χ3v) is 3.08. The Hall–Kier alpha value is -0.220. The lowest BCUT2D eigenvalue weighted by Gasteiger charge is -2.26. The minimum Gasteiger partial charge on any atom is -0.353 e.